The third kappa shape index (κ3) is 1.01. The second-order valence-corrected chi connectivity index (χ2v) is 4.03. The van der Waals surface area contributed by atoms with Gasteiger partial charge in [-0.2, -0.15) is 16.4 Å². The first-order valence-electron chi connectivity index (χ1n) is 4.38. The van der Waals surface area contributed by atoms with Gasteiger partial charge in [-0.3, -0.25) is 0 Å². The maximum Gasteiger partial charge on any atom is 0.136 e. The molecule has 0 unspecified atom stereocenters. The van der Waals surface area contributed by atoms with Gasteiger partial charge >= 0.3 is 0 Å². The van der Waals surface area contributed by atoms with Gasteiger partial charge in [-0.1, -0.05) is 0 Å². The Bertz CT molecular complexity index is 559. The average molecular weight is 203 g/mol. The van der Waals surface area contributed by atoms with Gasteiger partial charge in [0.2, 0.25) is 0 Å². The van der Waals surface area contributed by atoms with Crippen LogP contribution in [0.1, 0.15) is 0 Å². The monoisotopic (exact) mass is 203 g/mol. The number of aryl methyl sites for hydroxylation is 1. The first-order valence-corrected chi connectivity index (χ1v) is 5.32. The van der Waals surface area contributed by atoms with Gasteiger partial charge in [-0.25, -0.2) is 4.52 Å². The molecule has 0 amide bonds. The number of hydrogen-bond donors (Lipinski definition) is 0. The molecule has 0 aromatic carbocycles. The number of hydrogen-bond acceptors (Lipinski definition) is 2. The van der Waals surface area contributed by atoms with E-state index in [1.54, 1.807) is 11.3 Å². The first-order chi connectivity index (χ1) is 6.84. The fraction of sp³-hybridized carbons (Fsp3) is 0.100. The number of fused-ring (bicyclic) bond motifs is 1. The minimum atomic E-state index is 1.04. The molecule has 14 heavy (non-hydrogen) atoms. The SMILES string of the molecule is Cn1ccn2nc(-c3ccsc3)cc12. The second-order valence-electron chi connectivity index (χ2n) is 3.25. The van der Waals surface area contributed by atoms with Crippen molar-refractivity contribution in [1.82, 2.24) is 14.2 Å². The molecule has 3 nitrogen and oxygen atoms in total. The van der Waals surface area contributed by atoms with Crippen LogP contribution in [0.4, 0.5) is 0 Å². The lowest BCUT2D eigenvalue weighted by Gasteiger charge is -1.87. The second kappa shape index (κ2) is 2.72. The summed E-state index contributed by atoms with van der Waals surface area (Å²) in [5.74, 6) is 0. The fourth-order valence-electron chi connectivity index (χ4n) is 1.55. The molecule has 3 aromatic rings. The summed E-state index contributed by atoms with van der Waals surface area (Å²) in [6.07, 6.45) is 3.96. The highest BCUT2D eigenvalue weighted by Gasteiger charge is 2.06. The lowest BCUT2D eigenvalue weighted by Crippen LogP contribution is -1.84. The molecule has 3 aromatic heterocycles. The lowest BCUT2D eigenvalue weighted by molar-refractivity contribution is 0.930. The summed E-state index contributed by atoms with van der Waals surface area (Å²) in [6.45, 7) is 0. The molecule has 0 atom stereocenters. The van der Waals surface area contributed by atoms with Gasteiger partial charge in [0.05, 0.1) is 5.69 Å². The summed E-state index contributed by atoms with van der Waals surface area (Å²) in [5, 5.41) is 8.66. The highest BCUT2D eigenvalue weighted by Crippen LogP contribution is 2.21. The molecule has 4 heteroatoms. The van der Waals surface area contributed by atoms with Crippen LogP contribution < -0.4 is 0 Å². The zero-order chi connectivity index (χ0) is 9.54. The Morgan fingerprint density at radius 3 is 3.00 bits per heavy atom. The van der Waals surface area contributed by atoms with Crippen LogP contribution in [0.2, 0.25) is 0 Å². The maximum absolute atomic E-state index is 4.48. The zero-order valence-electron chi connectivity index (χ0n) is 7.71. The summed E-state index contributed by atoms with van der Waals surface area (Å²) in [7, 11) is 2.02. The number of nitrogens with zero attached hydrogens (tertiary/aromatic N) is 3. The topological polar surface area (TPSA) is 22.2 Å². The van der Waals surface area contributed by atoms with Crippen LogP contribution in [-0.2, 0) is 7.05 Å². The highest BCUT2D eigenvalue weighted by molar-refractivity contribution is 7.08. The van der Waals surface area contributed by atoms with Crippen molar-refractivity contribution in [2.24, 2.45) is 7.05 Å². The first kappa shape index (κ1) is 7.82. The largest absolute Gasteiger partial charge is 0.334 e. The van der Waals surface area contributed by atoms with E-state index in [0.717, 1.165) is 11.3 Å². The quantitative estimate of drug-likeness (QED) is 0.595. The Morgan fingerprint density at radius 1 is 1.36 bits per heavy atom. The number of imidazole rings is 1. The molecule has 3 rings (SSSR count). The standard InChI is InChI=1S/C10H9N3S/c1-12-3-4-13-10(12)6-9(11-13)8-2-5-14-7-8/h2-7H,1H3. The molecule has 0 fully saturated rings. The molecule has 0 aliphatic rings. The van der Waals surface area contributed by atoms with Crippen molar-refractivity contribution in [3.63, 3.8) is 0 Å². The van der Waals surface area contributed by atoms with Crippen molar-refractivity contribution in [3.8, 4) is 11.3 Å². The van der Waals surface area contributed by atoms with E-state index in [9.17, 15) is 0 Å². The zero-order valence-corrected chi connectivity index (χ0v) is 8.53. The van der Waals surface area contributed by atoms with Crippen molar-refractivity contribution in [3.05, 3.63) is 35.3 Å². The van der Waals surface area contributed by atoms with Crippen molar-refractivity contribution >= 4 is 17.0 Å². The Balaban J connectivity index is 2.24. The predicted molar refractivity (Wildman–Crippen MR) is 57.5 cm³/mol. The van der Waals surface area contributed by atoms with Crippen LogP contribution in [0.3, 0.4) is 0 Å². The molecular formula is C10H9N3S. The van der Waals surface area contributed by atoms with Gasteiger partial charge in [0, 0.05) is 36.5 Å². The molecule has 0 radical (unpaired) electrons. The molecular weight excluding hydrogens is 194 g/mol. The number of thiophene rings is 1. The Labute approximate surface area is 85.2 Å². The number of aromatic nitrogens is 3. The molecule has 0 N–H and O–H groups in total. The van der Waals surface area contributed by atoms with E-state index in [-0.39, 0.29) is 0 Å². The summed E-state index contributed by atoms with van der Waals surface area (Å²) in [4.78, 5) is 0. The van der Waals surface area contributed by atoms with E-state index in [2.05, 4.69) is 32.6 Å². The summed E-state index contributed by atoms with van der Waals surface area (Å²) < 4.78 is 3.95. The lowest BCUT2D eigenvalue weighted by atomic mass is 10.2. The maximum atomic E-state index is 4.48. The van der Waals surface area contributed by atoms with E-state index in [0.29, 0.717) is 0 Å². The van der Waals surface area contributed by atoms with Gasteiger partial charge in [0.1, 0.15) is 5.65 Å². The van der Waals surface area contributed by atoms with Crippen LogP contribution in [0.25, 0.3) is 16.9 Å². The normalized spacial score (nSPS) is 11.2. The van der Waals surface area contributed by atoms with Crippen molar-refractivity contribution in [2.75, 3.05) is 0 Å². The van der Waals surface area contributed by atoms with Crippen molar-refractivity contribution < 1.29 is 0 Å². The Hall–Kier alpha value is -1.55. The van der Waals surface area contributed by atoms with Crippen LogP contribution in [0.5, 0.6) is 0 Å². The molecule has 0 saturated heterocycles. The van der Waals surface area contributed by atoms with Crippen molar-refractivity contribution in [2.45, 2.75) is 0 Å². The molecule has 0 bridgehead atoms. The predicted octanol–water partition coefficient (Wildman–Crippen LogP) is 2.40. The molecule has 3 heterocycles. The highest BCUT2D eigenvalue weighted by atomic mass is 32.1. The smallest absolute Gasteiger partial charge is 0.136 e. The van der Waals surface area contributed by atoms with Crippen LogP contribution >= 0.6 is 11.3 Å². The Morgan fingerprint density at radius 2 is 2.29 bits per heavy atom. The van der Waals surface area contributed by atoms with Gasteiger partial charge in [-0.05, 0) is 11.4 Å². The van der Waals surface area contributed by atoms with E-state index < -0.39 is 0 Å². The van der Waals surface area contributed by atoms with Crippen LogP contribution in [-0.4, -0.2) is 14.2 Å². The van der Waals surface area contributed by atoms with Crippen molar-refractivity contribution in [1.29, 1.82) is 0 Å². The molecule has 0 spiro atoms. The average Bonchev–Trinajstić information content (AvgIpc) is 2.83. The summed E-state index contributed by atoms with van der Waals surface area (Å²) in [6, 6.07) is 4.19. The van der Waals surface area contributed by atoms with Gasteiger partial charge in [0.15, 0.2) is 0 Å². The third-order valence-corrected chi connectivity index (χ3v) is 3.01. The van der Waals surface area contributed by atoms with Crippen LogP contribution in [0, 0.1) is 0 Å². The molecule has 0 aliphatic heterocycles. The molecule has 0 aliphatic carbocycles. The van der Waals surface area contributed by atoms with Crippen LogP contribution in [0.15, 0.2) is 35.3 Å². The molecule has 0 saturated carbocycles. The third-order valence-electron chi connectivity index (χ3n) is 2.33. The van der Waals surface area contributed by atoms with E-state index >= 15 is 0 Å². The Kier molecular flexibility index (Phi) is 1.52. The van der Waals surface area contributed by atoms with Gasteiger partial charge in [-0.15, -0.1) is 0 Å². The fourth-order valence-corrected chi connectivity index (χ4v) is 2.20. The molecule has 70 valence electrons. The minimum Gasteiger partial charge on any atom is -0.334 e. The summed E-state index contributed by atoms with van der Waals surface area (Å²) >= 11 is 1.70. The van der Waals surface area contributed by atoms with Gasteiger partial charge < -0.3 is 4.57 Å². The van der Waals surface area contributed by atoms with E-state index in [1.165, 1.54) is 5.56 Å². The minimum absolute atomic E-state index is 1.04. The van der Waals surface area contributed by atoms with Gasteiger partial charge in [0.25, 0.3) is 0 Å². The number of rotatable bonds is 1. The van der Waals surface area contributed by atoms with E-state index in [4.69, 9.17) is 0 Å². The summed E-state index contributed by atoms with van der Waals surface area (Å²) in [5.41, 5.74) is 3.35. The van der Waals surface area contributed by atoms with E-state index in [1.807, 2.05) is 24.0 Å².